The SMILES string of the molecule is CC(=CCCO)C(=O)O.CC(=CCCO)C(=O)O.CC(=CCCO)C(=O)O.O=P(O)(O)O. The van der Waals surface area contributed by atoms with Crippen molar-refractivity contribution in [2.24, 2.45) is 0 Å². The zero-order valence-corrected chi connectivity index (χ0v) is 19.0. The lowest BCUT2D eigenvalue weighted by Gasteiger charge is -1.89. The predicted octanol–water partition coefficient (Wildman–Crippen LogP) is 0.270. The van der Waals surface area contributed by atoms with Crippen molar-refractivity contribution in [1.29, 1.82) is 0 Å². The molecular weight excluding hydrogens is 455 g/mol. The van der Waals surface area contributed by atoms with Gasteiger partial charge in [0, 0.05) is 36.5 Å². The molecule has 0 unspecified atom stereocenters. The Hall–Kier alpha value is -2.38. The van der Waals surface area contributed by atoms with E-state index >= 15 is 0 Å². The van der Waals surface area contributed by atoms with Gasteiger partial charge in [-0.15, -0.1) is 0 Å². The van der Waals surface area contributed by atoms with Crippen molar-refractivity contribution < 1.29 is 64.3 Å². The van der Waals surface area contributed by atoms with Gasteiger partial charge in [-0.05, 0) is 40.0 Å². The van der Waals surface area contributed by atoms with E-state index in [1.165, 1.54) is 39.0 Å². The van der Waals surface area contributed by atoms with E-state index in [1.807, 2.05) is 0 Å². The minimum absolute atomic E-state index is 0.00458. The van der Waals surface area contributed by atoms with Gasteiger partial charge in [-0.25, -0.2) is 18.9 Å². The van der Waals surface area contributed by atoms with Crippen LogP contribution in [0.25, 0.3) is 0 Å². The van der Waals surface area contributed by atoms with Crippen LogP contribution < -0.4 is 0 Å². The van der Waals surface area contributed by atoms with Gasteiger partial charge >= 0.3 is 25.7 Å². The number of rotatable bonds is 9. The lowest BCUT2D eigenvalue weighted by atomic mass is 10.2. The number of aliphatic carboxylic acids is 3. The van der Waals surface area contributed by atoms with E-state index in [2.05, 4.69) is 0 Å². The molecule has 0 aromatic carbocycles. The summed E-state index contributed by atoms with van der Waals surface area (Å²) in [7, 11) is -4.64. The van der Waals surface area contributed by atoms with Crippen molar-refractivity contribution >= 4 is 25.7 Å². The summed E-state index contributed by atoms with van der Waals surface area (Å²) in [4.78, 5) is 51.7. The molecule has 0 fully saturated rings. The van der Waals surface area contributed by atoms with Crippen LogP contribution in [0.1, 0.15) is 40.0 Å². The lowest BCUT2D eigenvalue weighted by molar-refractivity contribution is -0.133. The Labute approximate surface area is 185 Å². The first-order valence-electron chi connectivity index (χ1n) is 8.86. The summed E-state index contributed by atoms with van der Waals surface area (Å²) < 4.78 is 8.88. The van der Waals surface area contributed by atoms with Gasteiger partial charge in [0.05, 0.1) is 0 Å². The van der Waals surface area contributed by atoms with Crippen LogP contribution in [0.15, 0.2) is 34.9 Å². The van der Waals surface area contributed by atoms with E-state index < -0.39 is 25.7 Å². The van der Waals surface area contributed by atoms with E-state index in [-0.39, 0.29) is 36.5 Å². The van der Waals surface area contributed by atoms with E-state index in [0.717, 1.165) is 0 Å². The number of phosphoric acid groups is 1. The molecule has 14 heteroatoms. The highest BCUT2D eigenvalue weighted by molar-refractivity contribution is 7.45. The molecule has 0 aromatic heterocycles. The number of aliphatic hydroxyl groups is 3. The Bertz CT molecular complexity index is 590. The highest BCUT2D eigenvalue weighted by atomic mass is 31.2. The molecule has 0 atom stereocenters. The summed E-state index contributed by atoms with van der Waals surface area (Å²) in [6, 6.07) is 0. The molecule has 0 aliphatic rings. The van der Waals surface area contributed by atoms with E-state index in [1.54, 1.807) is 0 Å². The summed E-state index contributed by atoms with van der Waals surface area (Å²) in [5.74, 6) is -2.78. The summed E-state index contributed by atoms with van der Waals surface area (Å²) in [6.07, 6.45) is 5.71. The van der Waals surface area contributed by atoms with E-state index in [4.69, 9.17) is 49.9 Å². The van der Waals surface area contributed by atoms with Gasteiger partial charge in [-0.3, -0.25) is 0 Å². The molecule has 188 valence electrons. The first-order chi connectivity index (χ1) is 14.5. The van der Waals surface area contributed by atoms with Gasteiger partial charge in [-0.1, -0.05) is 18.2 Å². The van der Waals surface area contributed by atoms with Crippen LogP contribution in [-0.2, 0) is 18.9 Å². The number of aliphatic hydroxyl groups excluding tert-OH is 3. The minimum atomic E-state index is -4.64. The van der Waals surface area contributed by atoms with Gasteiger partial charge in [0.2, 0.25) is 0 Å². The minimum Gasteiger partial charge on any atom is -0.478 e. The Kier molecular flexibility index (Phi) is 26.9. The second-order valence-electron chi connectivity index (χ2n) is 5.63. The topological polar surface area (TPSA) is 250 Å². The molecule has 0 aromatic rings. The molecule has 0 radical (unpaired) electrons. The Morgan fingerprint density at radius 3 is 0.844 bits per heavy atom. The van der Waals surface area contributed by atoms with Crippen molar-refractivity contribution in [3.05, 3.63) is 34.9 Å². The zero-order chi connectivity index (χ0) is 26.3. The zero-order valence-electron chi connectivity index (χ0n) is 18.1. The smallest absolute Gasteiger partial charge is 0.466 e. The van der Waals surface area contributed by atoms with Crippen LogP contribution in [0, 0.1) is 0 Å². The van der Waals surface area contributed by atoms with Crippen molar-refractivity contribution in [2.45, 2.75) is 40.0 Å². The molecule has 0 heterocycles. The van der Waals surface area contributed by atoms with Gasteiger partial charge < -0.3 is 45.3 Å². The maximum atomic E-state index is 10.1. The molecular formula is C18H33O13P. The van der Waals surface area contributed by atoms with Crippen LogP contribution in [0.4, 0.5) is 0 Å². The largest absolute Gasteiger partial charge is 0.478 e. The molecule has 0 aliphatic carbocycles. The Morgan fingerprint density at radius 1 is 0.594 bits per heavy atom. The first kappa shape index (κ1) is 37.0. The van der Waals surface area contributed by atoms with Gasteiger partial charge in [0.15, 0.2) is 0 Å². The third-order valence-electron chi connectivity index (χ3n) is 2.75. The summed E-state index contributed by atoms with van der Waals surface area (Å²) >= 11 is 0. The normalized spacial score (nSPS) is 11.6. The summed E-state index contributed by atoms with van der Waals surface area (Å²) in [5.41, 5.74) is 0.845. The van der Waals surface area contributed by atoms with Crippen molar-refractivity contribution in [1.82, 2.24) is 0 Å². The molecule has 0 bridgehead atoms. The Morgan fingerprint density at radius 2 is 0.750 bits per heavy atom. The van der Waals surface area contributed by atoms with Crippen molar-refractivity contribution in [3.63, 3.8) is 0 Å². The van der Waals surface area contributed by atoms with Crippen LogP contribution in [0.3, 0.4) is 0 Å². The molecule has 0 saturated carbocycles. The number of carbonyl (C=O) groups is 3. The molecule has 9 N–H and O–H groups in total. The average Bonchev–Trinajstić information content (AvgIpc) is 2.67. The first-order valence-corrected chi connectivity index (χ1v) is 10.4. The van der Waals surface area contributed by atoms with Crippen LogP contribution in [0.2, 0.25) is 0 Å². The molecule has 0 aliphatic heterocycles. The van der Waals surface area contributed by atoms with Crippen LogP contribution in [0.5, 0.6) is 0 Å². The fraction of sp³-hybridized carbons (Fsp3) is 0.500. The molecule has 13 nitrogen and oxygen atoms in total. The summed E-state index contributed by atoms with van der Waals surface area (Å²) in [5, 5.41) is 49.6. The van der Waals surface area contributed by atoms with E-state index in [0.29, 0.717) is 19.3 Å². The molecule has 0 spiro atoms. The fourth-order valence-electron chi connectivity index (χ4n) is 1.11. The van der Waals surface area contributed by atoms with E-state index in [9.17, 15) is 14.4 Å². The number of carboxylic acid groups (broad SMARTS) is 3. The van der Waals surface area contributed by atoms with Crippen LogP contribution >= 0.6 is 7.82 Å². The molecule has 0 amide bonds. The van der Waals surface area contributed by atoms with Gasteiger partial charge in [0.25, 0.3) is 0 Å². The predicted molar refractivity (Wildman–Crippen MR) is 114 cm³/mol. The van der Waals surface area contributed by atoms with Crippen molar-refractivity contribution in [3.8, 4) is 0 Å². The van der Waals surface area contributed by atoms with Gasteiger partial charge in [-0.2, -0.15) is 0 Å². The lowest BCUT2D eigenvalue weighted by Crippen LogP contribution is -1.95. The fourth-order valence-corrected chi connectivity index (χ4v) is 1.11. The monoisotopic (exact) mass is 488 g/mol. The average molecular weight is 488 g/mol. The third-order valence-corrected chi connectivity index (χ3v) is 2.75. The maximum Gasteiger partial charge on any atom is 0.466 e. The summed E-state index contributed by atoms with van der Waals surface area (Å²) in [6.45, 7) is 4.51. The number of hydrogen-bond acceptors (Lipinski definition) is 7. The highest BCUT2D eigenvalue weighted by Crippen LogP contribution is 2.25. The second-order valence-corrected chi connectivity index (χ2v) is 6.65. The second kappa shape index (κ2) is 23.3. The van der Waals surface area contributed by atoms with Gasteiger partial charge in [0.1, 0.15) is 0 Å². The Balaban J connectivity index is -0.000000167. The maximum absolute atomic E-state index is 10.1. The molecule has 0 rings (SSSR count). The standard InChI is InChI=1S/3C6H10O3.H3O4P/c3*1-5(6(8)9)3-2-4-7;1-5(2,3)4/h3*3,7H,2,4H2,1H3,(H,8,9);(H3,1,2,3,4). The quantitative estimate of drug-likeness (QED) is 0.156. The number of carboxylic acids is 3. The third kappa shape index (κ3) is 41.9. The molecule has 0 saturated heterocycles. The van der Waals surface area contributed by atoms with Crippen LogP contribution in [-0.4, -0.2) is 83.0 Å². The molecule has 32 heavy (non-hydrogen) atoms. The van der Waals surface area contributed by atoms with Crippen molar-refractivity contribution in [2.75, 3.05) is 19.8 Å². The highest BCUT2D eigenvalue weighted by Gasteiger charge is 2.00. The number of hydrogen-bond donors (Lipinski definition) is 9.